The third-order valence-electron chi connectivity index (χ3n) is 9.39. The van der Waals surface area contributed by atoms with Gasteiger partial charge < -0.3 is 28.6 Å². The van der Waals surface area contributed by atoms with Crippen LogP contribution in [-0.2, 0) is 19.3 Å². The lowest BCUT2D eigenvalue weighted by atomic mass is 9.87. The van der Waals surface area contributed by atoms with Gasteiger partial charge in [0.25, 0.3) is 0 Å². The zero-order valence-corrected chi connectivity index (χ0v) is 26.0. The van der Waals surface area contributed by atoms with Crippen LogP contribution in [0.2, 0.25) is 0 Å². The molecule has 0 unspecified atom stereocenters. The van der Waals surface area contributed by atoms with E-state index in [0.29, 0.717) is 59.6 Å². The molecule has 0 aliphatic carbocycles. The van der Waals surface area contributed by atoms with Crippen LogP contribution in [0.5, 0.6) is 34.5 Å². The molecule has 3 aromatic carbocycles. The Balaban J connectivity index is 1.40. The molecule has 6 aliphatic heterocycles. The minimum Gasteiger partial charge on any atom is -0.493 e. The van der Waals surface area contributed by atoms with Crippen LogP contribution in [0.3, 0.4) is 0 Å². The number of benzene rings is 3. The second kappa shape index (κ2) is 11.9. The minimum absolute atomic E-state index is 0.116. The first-order valence-electron chi connectivity index (χ1n) is 15.4. The Kier molecular flexibility index (Phi) is 7.64. The maximum Gasteiger partial charge on any atom is 0.211 e. The van der Waals surface area contributed by atoms with E-state index in [0.717, 1.165) is 47.2 Å². The number of fused-ring (bicyclic) bond motifs is 1. The predicted octanol–water partition coefficient (Wildman–Crippen LogP) is 6.52. The van der Waals surface area contributed by atoms with E-state index in [1.165, 1.54) is 5.57 Å². The first-order valence-corrected chi connectivity index (χ1v) is 15.4. The van der Waals surface area contributed by atoms with E-state index < -0.39 is 0 Å². The molecule has 0 aromatic heterocycles. The van der Waals surface area contributed by atoms with E-state index >= 15 is 0 Å². The van der Waals surface area contributed by atoms with E-state index in [2.05, 4.69) is 55.1 Å². The predicted molar refractivity (Wildman–Crippen MR) is 171 cm³/mol. The highest BCUT2D eigenvalue weighted by molar-refractivity contribution is 5.63. The van der Waals surface area contributed by atoms with Crippen molar-refractivity contribution in [1.82, 2.24) is 9.80 Å². The van der Waals surface area contributed by atoms with Crippen LogP contribution >= 0.6 is 0 Å². The number of nitriles is 1. The molecular formula is C37H37N3O5. The van der Waals surface area contributed by atoms with Gasteiger partial charge in [0.2, 0.25) is 5.75 Å². The summed E-state index contributed by atoms with van der Waals surface area (Å²) in [5.41, 5.74) is 6.66. The molecule has 0 spiro atoms. The van der Waals surface area contributed by atoms with Gasteiger partial charge in [0.1, 0.15) is 18.1 Å². The molecule has 10 bridgehead atoms. The quantitative estimate of drug-likeness (QED) is 0.314. The van der Waals surface area contributed by atoms with E-state index in [-0.39, 0.29) is 18.7 Å². The zero-order valence-electron chi connectivity index (χ0n) is 26.0. The fraction of sp³-hybridized carbons (Fsp3) is 0.324. The number of likely N-dealkylation sites (N-methyl/N-ethyl adjacent to an activating group) is 1. The molecule has 3 aromatic rings. The van der Waals surface area contributed by atoms with E-state index in [4.69, 9.17) is 23.7 Å². The summed E-state index contributed by atoms with van der Waals surface area (Å²) >= 11 is 0. The third-order valence-corrected chi connectivity index (χ3v) is 9.39. The van der Waals surface area contributed by atoms with E-state index in [1.54, 1.807) is 14.2 Å². The van der Waals surface area contributed by atoms with Crippen LogP contribution in [0.4, 0.5) is 0 Å². The number of methoxy groups -OCH3 is 2. The summed E-state index contributed by atoms with van der Waals surface area (Å²) in [7, 11) is 5.47. The summed E-state index contributed by atoms with van der Waals surface area (Å²) in [5, 5.41) is 10.2. The summed E-state index contributed by atoms with van der Waals surface area (Å²) < 4.78 is 31.0. The molecule has 0 radical (unpaired) electrons. The maximum absolute atomic E-state index is 10.2. The van der Waals surface area contributed by atoms with Crippen LogP contribution in [-0.4, -0.2) is 56.8 Å². The van der Waals surface area contributed by atoms with Gasteiger partial charge in [-0.05, 0) is 97.0 Å². The molecule has 0 saturated heterocycles. The van der Waals surface area contributed by atoms with Gasteiger partial charge in [-0.25, -0.2) is 0 Å². The monoisotopic (exact) mass is 603 g/mol. The zero-order chi connectivity index (χ0) is 31.1. The molecule has 8 heteroatoms. The van der Waals surface area contributed by atoms with Gasteiger partial charge in [0, 0.05) is 24.7 Å². The van der Waals surface area contributed by atoms with Crippen molar-refractivity contribution in [2.75, 3.05) is 41.0 Å². The molecular weight excluding hydrogens is 566 g/mol. The highest BCUT2D eigenvalue weighted by Crippen LogP contribution is 2.51. The van der Waals surface area contributed by atoms with Crippen LogP contribution in [0.1, 0.15) is 34.7 Å². The number of allylic oxidation sites excluding steroid dienone is 1. The molecule has 6 aliphatic rings. The Morgan fingerprint density at radius 1 is 0.911 bits per heavy atom. The summed E-state index contributed by atoms with van der Waals surface area (Å²) in [6, 6.07) is 16.1. The van der Waals surface area contributed by atoms with Crippen molar-refractivity contribution in [2.24, 2.45) is 0 Å². The number of hydrogen-bond donors (Lipinski definition) is 0. The molecule has 2 atom stereocenters. The van der Waals surface area contributed by atoms with Gasteiger partial charge in [0.05, 0.1) is 20.3 Å². The standard InChI is InChI=1S/C37H37N3O5/c1-5-29-25-12-14-39(2)30(29)17-24-8-11-32(41-3)33(18-24)44-27-9-6-23(7-10-27)16-31-35-26(13-15-40(31)22-38)20-34(42-4)36-37(35)43-21-28(19-25)45-36/h5-11,18-20,30-31H,1,12-17,21H2,2-4H3/b28-19+/t30-,31-/m0/s1. The van der Waals surface area contributed by atoms with Crippen LogP contribution in [0.15, 0.2) is 84.2 Å². The lowest BCUT2D eigenvalue weighted by Gasteiger charge is -2.37. The summed E-state index contributed by atoms with van der Waals surface area (Å²) in [6.07, 6.45) is 9.49. The van der Waals surface area contributed by atoms with Gasteiger partial charge in [0.15, 0.2) is 29.2 Å². The SMILES string of the molecule is C=CC1=C2/C=C3\COc4c(c(OC)cc5c4[C@H](Cc4ccc(cc4)Oc4cc(ccc4OC)C[C@@H]1N(C)CC2)N(C#N)CC5)O3. The smallest absolute Gasteiger partial charge is 0.211 e. The Morgan fingerprint density at radius 2 is 1.69 bits per heavy atom. The molecule has 0 saturated carbocycles. The number of hydrogen-bond acceptors (Lipinski definition) is 8. The van der Waals surface area contributed by atoms with Gasteiger partial charge in [-0.2, -0.15) is 5.26 Å². The fourth-order valence-electron chi connectivity index (χ4n) is 7.03. The number of rotatable bonds is 3. The average Bonchev–Trinajstić information content (AvgIpc) is 3.06. The van der Waals surface area contributed by atoms with Gasteiger partial charge in [-0.1, -0.05) is 30.9 Å². The van der Waals surface area contributed by atoms with Crippen molar-refractivity contribution in [3.8, 4) is 40.7 Å². The Bertz CT molecular complexity index is 1750. The van der Waals surface area contributed by atoms with Gasteiger partial charge in [-0.15, -0.1) is 0 Å². The number of nitrogens with zero attached hydrogens (tertiary/aromatic N) is 3. The summed E-state index contributed by atoms with van der Waals surface area (Å²) in [4.78, 5) is 4.22. The molecule has 0 N–H and O–H groups in total. The van der Waals surface area contributed by atoms with Crippen molar-refractivity contribution < 1.29 is 23.7 Å². The molecule has 0 amide bonds. The molecule has 8 nitrogen and oxygen atoms in total. The highest BCUT2D eigenvalue weighted by Gasteiger charge is 2.36. The van der Waals surface area contributed by atoms with Crippen molar-refractivity contribution in [3.63, 3.8) is 0 Å². The summed E-state index contributed by atoms with van der Waals surface area (Å²) in [5.74, 6) is 4.63. The van der Waals surface area contributed by atoms with Crippen LogP contribution in [0, 0.1) is 11.5 Å². The molecule has 45 heavy (non-hydrogen) atoms. The normalized spacial score (nSPS) is 21.8. The second-order valence-corrected chi connectivity index (χ2v) is 11.9. The molecule has 6 heterocycles. The Labute approximate surface area is 264 Å². The second-order valence-electron chi connectivity index (χ2n) is 11.9. The average molecular weight is 604 g/mol. The van der Waals surface area contributed by atoms with Gasteiger partial charge in [-0.3, -0.25) is 4.90 Å². The number of ether oxygens (including phenoxy) is 5. The van der Waals surface area contributed by atoms with E-state index in [1.807, 2.05) is 35.2 Å². The van der Waals surface area contributed by atoms with Crippen molar-refractivity contribution in [2.45, 2.75) is 37.8 Å². The molecule has 9 rings (SSSR count). The van der Waals surface area contributed by atoms with Gasteiger partial charge >= 0.3 is 0 Å². The third kappa shape index (κ3) is 5.27. The van der Waals surface area contributed by atoms with Crippen LogP contribution in [0.25, 0.3) is 0 Å². The topological polar surface area (TPSA) is 76.4 Å². The molecule has 230 valence electrons. The molecule has 0 fully saturated rings. The van der Waals surface area contributed by atoms with Crippen molar-refractivity contribution >= 4 is 0 Å². The Hall–Kier alpha value is -4.87. The van der Waals surface area contributed by atoms with E-state index in [9.17, 15) is 5.26 Å². The minimum atomic E-state index is -0.216. The fourth-order valence-corrected chi connectivity index (χ4v) is 7.03. The Morgan fingerprint density at radius 3 is 2.44 bits per heavy atom. The first-order chi connectivity index (χ1) is 22.0. The van der Waals surface area contributed by atoms with Crippen LogP contribution < -0.4 is 23.7 Å². The van der Waals surface area contributed by atoms with Crippen molar-refractivity contribution in [3.05, 3.63) is 106 Å². The van der Waals surface area contributed by atoms with Crippen molar-refractivity contribution in [1.29, 1.82) is 5.26 Å². The highest BCUT2D eigenvalue weighted by atomic mass is 16.6. The first kappa shape index (κ1) is 28.9. The maximum atomic E-state index is 10.2. The largest absolute Gasteiger partial charge is 0.493 e. The lowest BCUT2D eigenvalue weighted by molar-refractivity contribution is 0.205. The summed E-state index contributed by atoms with van der Waals surface area (Å²) in [6.45, 7) is 6.01. The lowest BCUT2D eigenvalue weighted by Crippen LogP contribution is -2.39.